The second kappa shape index (κ2) is 10.3. The number of anilines is 3. The number of carbonyl (C=O) groups is 3. The first-order valence-electron chi connectivity index (χ1n) is 11.2. The topological polar surface area (TPSA) is 130 Å². The molecule has 2 aromatic rings. The summed E-state index contributed by atoms with van der Waals surface area (Å²) >= 11 is 0. The number of ether oxygens (including phenoxy) is 1. The summed E-state index contributed by atoms with van der Waals surface area (Å²) in [5, 5.41) is 6.12. The van der Waals surface area contributed by atoms with Gasteiger partial charge in [0.15, 0.2) is 0 Å². The van der Waals surface area contributed by atoms with Gasteiger partial charge in [0.1, 0.15) is 5.82 Å². The molecule has 2 aliphatic heterocycles. The Bertz CT molecular complexity index is 1080. The van der Waals surface area contributed by atoms with E-state index in [9.17, 15) is 14.4 Å². The van der Waals surface area contributed by atoms with Crippen LogP contribution in [-0.4, -0.2) is 73.0 Å². The molecule has 34 heavy (non-hydrogen) atoms. The van der Waals surface area contributed by atoms with E-state index in [1.54, 1.807) is 35.2 Å². The van der Waals surface area contributed by atoms with Gasteiger partial charge in [-0.3, -0.25) is 14.4 Å². The lowest BCUT2D eigenvalue weighted by Gasteiger charge is -2.26. The number of aromatic nitrogens is 1. The third kappa shape index (κ3) is 5.34. The SMILES string of the molecule is C=CC(=O)NC1CCN(c2cc(Nc3ccc(C(=O)N4CCOCC4)cc3)c(C(N)=O)cn2)C1. The molecule has 1 aromatic carbocycles. The highest BCUT2D eigenvalue weighted by Crippen LogP contribution is 2.27. The highest BCUT2D eigenvalue weighted by atomic mass is 16.5. The highest BCUT2D eigenvalue weighted by Gasteiger charge is 2.25. The lowest BCUT2D eigenvalue weighted by molar-refractivity contribution is -0.117. The molecular formula is C24H28N6O4. The van der Waals surface area contributed by atoms with E-state index in [-0.39, 0.29) is 23.4 Å². The van der Waals surface area contributed by atoms with Crippen molar-refractivity contribution in [2.45, 2.75) is 12.5 Å². The molecule has 2 saturated heterocycles. The minimum Gasteiger partial charge on any atom is -0.378 e. The fraction of sp³-hybridized carbons (Fsp3) is 0.333. The van der Waals surface area contributed by atoms with Crippen LogP contribution in [0.4, 0.5) is 17.2 Å². The lowest BCUT2D eigenvalue weighted by atomic mass is 10.1. The van der Waals surface area contributed by atoms with E-state index in [0.717, 1.165) is 6.42 Å². The molecule has 10 nitrogen and oxygen atoms in total. The third-order valence-corrected chi connectivity index (χ3v) is 5.91. The van der Waals surface area contributed by atoms with Crippen molar-refractivity contribution in [2.24, 2.45) is 5.73 Å². The van der Waals surface area contributed by atoms with Gasteiger partial charge in [-0.25, -0.2) is 4.98 Å². The number of amides is 3. The zero-order valence-electron chi connectivity index (χ0n) is 18.8. The van der Waals surface area contributed by atoms with Crippen LogP contribution in [0.5, 0.6) is 0 Å². The fourth-order valence-corrected chi connectivity index (χ4v) is 4.06. The first-order chi connectivity index (χ1) is 16.4. The maximum atomic E-state index is 12.7. The van der Waals surface area contributed by atoms with Crippen LogP contribution < -0.4 is 21.3 Å². The number of carbonyl (C=O) groups excluding carboxylic acids is 3. The Balaban J connectivity index is 1.48. The van der Waals surface area contributed by atoms with Crippen molar-refractivity contribution >= 4 is 34.9 Å². The smallest absolute Gasteiger partial charge is 0.254 e. The van der Waals surface area contributed by atoms with E-state index in [2.05, 4.69) is 22.2 Å². The van der Waals surface area contributed by atoms with Crippen LogP contribution in [0.3, 0.4) is 0 Å². The summed E-state index contributed by atoms with van der Waals surface area (Å²) in [6.45, 7) is 7.04. The number of benzene rings is 1. The van der Waals surface area contributed by atoms with Gasteiger partial charge in [0.05, 0.1) is 24.5 Å². The van der Waals surface area contributed by atoms with Crippen molar-refractivity contribution in [3.8, 4) is 0 Å². The number of hydrogen-bond acceptors (Lipinski definition) is 7. The van der Waals surface area contributed by atoms with Crippen molar-refractivity contribution < 1.29 is 19.1 Å². The van der Waals surface area contributed by atoms with Gasteiger partial charge in [-0.2, -0.15) is 0 Å². The van der Waals surface area contributed by atoms with Crippen LogP contribution in [0.1, 0.15) is 27.1 Å². The summed E-state index contributed by atoms with van der Waals surface area (Å²) in [4.78, 5) is 44.4. The maximum absolute atomic E-state index is 12.7. The molecule has 178 valence electrons. The first-order valence-corrected chi connectivity index (χ1v) is 11.2. The zero-order chi connectivity index (χ0) is 24.1. The van der Waals surface area contributed by atoms with Gasteiger partial charge < -0.3 is 30.9 Å². The first kappa shape index (κ1) is 23.2. The van der Waals surface area contributed by atoms with Crippen LogP contribution in [0, 0.1) is 0 Å². The van der Waals surface area contributed by atoms with Crippen LogP contribution >= 0.6 is 0 Å². The zero-order valence-corrected chi connectivity index (χ0v) is 18.8. The molecule has 0 radical (unpaired) electrons. The molecular weight excluding hydrogens is 436 g/mol. The normalized spacial score (nSPS) is 17.8. The Labute approximate surface area is 197 Å². The Kier molecular flexibility index (Phi) is 7.07. The second-order valence-corrected chi connectivity index (χ2v) is 8.20. The summed E-state index contributed by atoms with van der Waals surface area (Å²) in [5.74, 6) is -0.173. The van der Waals surface area contributed by atoms with Gasteiger partial charge >= 0.3 is 0 Å². The van der Waals surface area contributed by atoms with Gasteiger partial charge in [0.2, 0.25) is 5.91 Å². The molecule has 0 aliphatic carbocycles. The minimum atomic E-state index is -0.599. The van der Waals surface area contributed by atoms with E-state index in [4.69, 9.17) is 10.5 Å². The highest BCUT2D eigenvalue weighted by molar-refractivity contribution is 5.99. The molecule has 10 heteroatoms. The van der Waals surface area contributed by atoms with Crippen molar-refractivity contribution in [1.29, 1.82) is 0 Å². The van der Waals surface area contributed by atoms with Crippen molar-refractivity contribution in [1.82, 2.24) is 15.2 Å². The standard InChI is InChI=1S/C24H28N6O4/c1-2-22(31)28-18-7-8-30(15-18)21-13-20(19(14-26-21)23(25)32)27-17-5-3-16(4-6-17)24(33)29-9-11-34-12-10-29/h2-6,13-14,18H,1,7-12,15H2,(H2,25,32)(H,26,27)(H,28,31). The molecule has 2 fully saturated rings. The van der Waals surface area contributed by atoms with Crippen LogP contribution in [-0.2, 0) is 9.53 Å². The number of rotatable bonds is 7. The van der Waals surface area contributed by atoms with Crippen molar-refractivity contribution in [3.63, 3.8) is 0 Å². The largest absolute Gasteiger partial charge is 0.378 e. The van der Waals surface area contributed by atoms with E-state index < -0.39 is 5.91 Å². The van der Waals surface area contributed by atoms with Crippen LogP contribution in [0.15, 0.2) is 49.2 Å². The average molecular weight is 465 g/mol. The van der Waals surface area contributed by atoms with Gasteiger partial charge in [-0.05, 0) is 36.8 Å². The summed E-state index contributed by atoms with van der Waals surface area (Å²) in [7, 11) is 0. The Morgan fingerprint density at radius 2 is 1.88 bits per heavy atom. The Hall–Kier alpha value is -3.92. The number of primary amides is 1. The molecule has 4 N–H and O–H groups in total. The Morgan fingerprint density at radius 3 is 2.56 bits per heavy atom. The van der Waals surface area contributed by atoms with E-state index >= 15 is 0 Å². The molecule has 1 unspecified atom stereocenters. The monoisotopic (exact) mass is 464 g/mol. The van der Waals surface area contributed by atoms with Crippen LogP contribution in [0.2, 0.25) is 0 Å². The molecule has 4 rings (SSSR count). The van der Waals surface area contributed by atoms with E-state index in [0.29, 0.717) is 62.1 Å². The van der Waals surface area contributed by atoms with Gasteiger partial charge in [-0.1, -0.05) is 6.58 Å². The maximum Gasteiger partial charge on any atom is 0.254 e. The molecule has 2 aliphatic rings. The van der Waals surface area contributed by atoms with Gasteiger partial charge in [0, 0.05) is 55.7 Å². The van der Waals surface area contributed by atoms with Crippen molar-refractivity contribution in [2.75, 3.05) is 49.6 Å². The quantitative estimate of drug-likeness (QED) is 0.526. The minimum absolute atomic E-state index is 0.00364. The van der Waals surface area contributed by atoms with Gasteiger partial charge in [0.25, 0.3) is 11.8 Å². The number of morpholine rings is 1. The molecule has 1 atom stereocenters. The summed E-state index contributed by atoms with van der Waals surface area (Å²) in [6.07, 6.45) is 3.48. The number of pyridine rings is 1. The molecule has 0 bridgehead atoms. The molecule has 0 saturated carbocycles. The summed E-state index contributed by atoms with van der Waals surface area (Å²) < 4.78 is 5.30. The number of nitrogens with two attached hydrogens (primary N) is 1. The molecule has 1 aromatic heterocycles. The Morgan fingerprint density at radius 1 is 1.15 bits per heavy atom. The second-order valence-electron chi connectivity index (χ2n) is 8.20. The van der Waals surface area contributed by atoms with Gasteiger partial charge in [-0.15, -0.1) is 0 Å². The van der Waals surface area contributed by atoms with E-state index in [1.165, 1.54) is 12.3 Å². The van der Waals surface area contributed by atoms with Crippen molar-refractivity contribution in [3.05, 3.63) is 60.3 Å². The molecule has 3 amide bonds. The summed E-state index contributed by atoms with van der Waals surface area (Å²) in [6, 6.07) is 8.84. The number of hydrogen-bond donors (Lipinski definition) is 3. The predicted octanol–water partition coefficient (Wildman–Crippen LogP) is 1.28. The molecule has 3 heterocycles. The lowest BCUT2D eigenvalue weighted by Crippen LogP contribution is -2.40. The number of nitrogens with one attached hydrogen (secondary N) is 2. The molecule has 0 spiro atoms. The third-order valence-electron chi connectivity index (χ3n) is 5.91. The number of nitrogens with zero attached hydrogens (tertiary/aromatic N) is 3. The fourth-order valence-electron chi connectivity index (χ4n) is 4.06. The van der Waals surface area contributed by atoms with Crippen LogP contribution in [0.25, 0.3) is 0 Å². The summed E-state index contributed by atoms with van der Waals surface area (Å²) in [5.41, 5.74) is 7.63. The van der Waals surface area contributed by atoms with E-state index in [1.807, 2.05) is 4.90 Å². The predicted molar refractivity (Wildman–Crippen MR) is 128 cm³/mol. The average Bonchev–Trinajstić information content (AvgIpc) is 3.32.